The molecular formula is C21H25F3N2O2. The molecule has 1 amide bonds. The third-order valence-corrected chi connectivity index (χ3v) is 5.17. The van der Waals surface area contributed by atoms with Crippen LogP contribution < -0.4 is 5.32 Å². The first-order chi connectivity index (χ1) is 13.4. The highest BCUT2D eigenvalue weighted by atomic mass is 19.4. The standard InChI is InChI=1S/C21H25F3N2O2/c1-2-26(20(27)10-3-15-11-12-25-13-15)14-18-8-9-19(28-18)16-4-6-17(7-5-16)21(22,23)24/h4-9,15,25H,2-3,10-14H2,1H3. The lowest BCUT2D eigenvalue weighted by atomic mass is 10.0. The predicted octanol–water partition coefficient (Wildman–Crippen LogP) is 4.70. The molecule has 1 aromatic heterocycles. The largest absolute Gasteiger partial charge is 0.459 e. The zero-order valence-electron chi connectivity index (χ0n) is 15.9. The van der Waals surface area contributed by atoms with Crippen molar-refractivity contribution in [3.8, 4) is 11.3 Å². The van der Waals surface area contributed by atoms with E-state index in [-0.39, 0.29) is 5.91 Å². The summed E-state index contributed by atoms with van der Waals surface area (Å²) in [7, 11) is 0. The van der Waals surface area contributed by atoms with Gasteiger partial charge in [0.25, 0.3) is 0 Å². The lowest BCUT2D eigenvalue weighted by Crippen LogP contribution is -2.30. The van der Waals surface area contributed by atoms with Gasteiger partial charge in [0, 0.05) is 18.5 Å². The van der Waals surface area contributed by atoms with Gasteiger partial charge < -0.3 is 14.6 Å². The molecule has 1 unspecified atom stereocenters. The van der Waals surface area contributed by atoms with Gasteiger partial charge in [-0.2, -0.15) is 13.2 Å². The summed E-state index contributed by atoms with van der Waals surface area (Å²) < 4.78 is 43.8. The van der Waals surface area contributed by atoms with E-state index < -0.39 is 11.7 Å². The lowest BCUT2D eigenvalue weighted by Gasteiger charge is -2.20. The molecule has 1 fully saturated rings. The molecule has 0 spiro atoms. The summed E-state index contributed by atoms with van der Waals surface area (Å²) in [6, 6.07) is 8.35. The van der Waals surface area contributed by atoms with Crippen molar-refractivity contribution < 1.29 is 22.4 Å². The highest BCUT2D eigenvalue weighted by molar-refractivity contribution is 5.76. The second-order valence-corrected chi connectivity index (χ2v) is 7.15. The monoisotopic (exact) mass is 394 g/mol. The number of halogens is 3. The molecule has 1 atom stereocenters. The van der Waals surface area contributed by atoms with Gasteiger partial charge in [0.2, 0.25) is 5.91 Å². The minimum absolute atomic E-state index is 0.0990. The second kappa shape index (κ2) is 8.82. The van der Waals surface area contributed by atoms with E-state index in [4.69, 9.17) is 4.42 Å². The average Bonchev–Trinajstić information content (AvgIpc) is 3.35. The van der Waals surface area contributed by atoms with Crippen LogP contribution in [-0.4, -0.2) is 30.4 Å². The molecule has 2 heterocycles. The molecule has 4 nitrogen and oxygen atoms in total. The zero-order chi connectivity index (χ0) is 20.1. The highest BCUT2D eigenvalue weighted by Gasteiger charge is 2.30. The summed E-state index contributed by atoms with van der Waals surface area (Å²) in [4.78, 5) is 14.2. The van der Waals surface area contributed by atoms with E-state index in [2.05, 4.69) is 5.32 Å². The Morgan fingerprint density at radius 3 is 2.57 bits per heavy atom. The molecule has 0 saturated carbocycles. The van der Waals surface area contributed by atoms with Crippen LogP contribution in [0.1, 0.15) is 37.5 Å². The maximum Gasteiger partial charge on any atom is 0.416 e. The van der Waals surface area contributed by atoms with Gasteiger partial charge >= 0.3 is 6.18 Å². The molecule has 28 heavy (non-hydrogen) atoms. The minimum Gasteiger partial charge on any atom is -0.459 e. The van der Waals surface area contributed by atoms with Crippen molar-refractivity contribution in [1.82, 2.24) is 10.2 Å². The topological polar surface area (TPSA) is 45.5 Å². The Bertz CT molecular complexity index is 778. The normalized spacial score (nSPS) is 17.1. The highest BCUT2D eigenvalue weighted by Crippen LogP contribution is 2.31. The van der Waals surface area contributed by atoms with E-state index in [1.54, 1.807) is 17.0 Å². The number of alkyl halides is 3. The summed E-state index contributed by atoms with van der Waals surface area (Å²) >= 11 is 0. The van der Waals surface area contributed by atoms with Crippen LogP contribution in [0.4, 0.5) is 13.2 Å². The van der Waals surface area contributed by atoms with Gasteiger partial charge in [0.15, 0.2) is 0 Å². The van der Waals surface area contributed by atoms with Gasteiger partial charge in [-0.3, -0.25) is 4.79 Å². The third-order valence-electron chi connectivity index (χ3n) is 5.17. The molecule has 1 aliphatic heterocycles. The molecule has 1 saturated heterocycles. The second-order valence-electron chi connectivity index (χ2n) is 7.15. The fraction of sp³-hybridized carbons (Fsp3) is 0.476. The number of carbonyl (C=O) groups is 1. The fourth-order valence-electron chi connectivity index (χ4n) is 3.45. The molecule has 1 N–H and O–H groups in total. The van der Waals surface area contributed by atoms with Crippen molar-refractivity contribution >= 4 is 5.91 Å². The van der Waals surface area contributed by atoms with Crippen LogP contribution in [0.15, 0.2) is 40.8 Å². The number of rotatable bonds is 7. The predicted molar refractivity (Wildman–Crippen MR) is 100 cm³/mol. The Kier molecular flexibility index (Phi) is 6.44. The summed E-state index contributed by atoms with van der Waals surface area (Å²) in [5, 5.41) is 3.31. The number of carbonyl (C=O) groups excluding carboxylic acids is 1. The molecular weight excluding hydrogens is 369 g/mol. The van der Waals surface area contributed by atoms with Crippen LogP contribution in [-0.2, 0) is 17.5 Å². The van der Waals surface area contributed by atoms with Crippen molar-refractivity contribution in [1.29, 1.82) is 0 Å². The molecule has 152 valence electrons. The van der Waals surface area contributed by atoms with Crippen LogP contribution in [0.5, 0.6) is 0 Å². The number of hydrogen-bond acceptors (Lipinski definition) is 3. The molecule has 2 aromatic rings. The molecule has 1 aliphatic rings. The van der Waals surface area contributed by atoms with Crippen molar-refractivity contribution in [2.24, 2.45) is 5.92 Å². The van der Waals surface area contributed by atoms with Crippen molar-refractivity contribution in [3.63, 3.8) is 0 Å². The Labute approximate surface area is 162 Å². The van der Waals surface area contributed by atoms with Crippen molar-refractivity contribution in [2.45, 2.75) is 38.9 Å². The number of nitrogens with zero attached hydrogens (tertiary/aromatic N) is 1. The Morgan fingerprint density at radius 2 is 1.96 bits per heavy atom. The van der Waals surface area contributed by atoms with Gasteiger partial charge in [-0.1, -0.05) is 12.1 Å². The minimum atomic E-state index is -4.36. The number of benzene rings is 1. The van der Waals surface area contributed by atoms with E-state index >= 15 is 0 Å². The van der Waals surface area contributed by atoms with Crippen LogP contribution in [0, 0.1) is 5.92 Å². The third kappa shape index (κ3) is 5.16. The first-order valence-electron chi connectivity index (χ1n) is 9.61. The summed E-state index contributed by atoms with van der Waals surface area (Å²) in [5.41, 5.74) is -0.120. The molecule has 0 bridgehead atoms. The van der Waals surface area contributed by atoms with Crippen molar-refractivity contribution in [3.05, 3.63) is 47.7 Å². The van der Waals surface area contributed by atoms with Gasteiger partial charge in [0.1, 0.15) is 11.5 Å². The summed E-state index contributed by atoms with van der Waals surface area (Å²) in [5.74, 6) is 1.77. The first kappa shape index (κ1) is 20.5. The molecule has 0 radical (unpaired) electrons. The molecule has 1 aromatic carbocycles. The van der Waals surface area contributed by atoms with Crippen LogP contribution in [0.3, 0.4) is 0 Å². The number of hydrogen-bond donors (Lipinski definition) is 1. The SMILES string of the molecule is CCN(Cc1ccc(-c2ccc(C(F)(F)F)cc2)o1)C(=O)CCC1CCNC1. The number of nitrogens with one attached hydrogen (secondary N) is 1. The van der Waals surface area contributed by atoms with Crippen molar-refractivity contribution in [2.75, 3.05) is 19.6 Å². The maximum absolute atomic E-state index is 12.7. The van der Waals surface area contributed by atoms with E-state index in [9.17, 15) is 18.0 Å². The summed E-state index contributed by atoms with van der Waals surface area (Å²) in [6.45, 7) is 4.87. The number of furan rings is 1. The molecule has 7 heteroatoms. The van der Waals surface area contributed by atoms with Crippen LogP contribution in [0.2, 0.25) is 0 Å². The van der Waals surface area contributed by atoms with E-state index in [0.717, 1.165) is 38.1 Å². The van der Waals surface area contributed by atoms with Gasteiger partial charge in [-0.15, -0.1) is 0 Å². The zero-order valence-corrected chi connectivity index (χ0v) is 15.9. The molecule has 3 rings (SSSR count). The lowest BCUT2D eigenvalue weighted by molar-refractivity contribution is -0.137. The van der Waals surface area contributed by atoms with Gasteiger partial charge in [-0.25, -0.2) is 0 Å². The number of amides is 1. The van der Waals surface area contributed by atoms with Crippen LogP contribution in [0.25, 0.3) is 11.3 Å². The quantitative estimate of drug-likeness (QED) is 0.740. The fourth-order valence-corrected chi connectivity index (χ4v) is 3.45. The molecule has 0 aliphatic carbocycles. The maximum atomic E-state index is 12.7. The average molecular weight is 394 g/mol. The Morgan fingerprint density at radius 1 is 1.21 bits per heavy atom. The van der Waals surface area contributed by atoms with E-state index in [1.165, 1.54) is 12.1 Å². The summed E-state index contributed by atoms with van der Waals surface area (Å²) in [6.07, 6.45) is -1.83. The van der Waals surface area contributed by atoms with Gasteiger partial charge in [-0.05, 0) is 63.0 Å². The Hall–Kier alpha value is -2.28. The van der Waals surface area contributed by atoms with E-state index in [1.807, 2.05) is 6.92 Å². The van der Waals surface area contributed by atoms with Gasteiger partial charge in [0.05, 0.1) is 12.1 Å². The smallest absolute Gasteiger partial charge is 0.416 e. The first-order valence-corrected chi connectivity index (χ1v) is 9.61. The van der Waals surface area contributed by atoms with Crippen LogP contribution >= 0.6 is 0 Å². The Balaban J connectivity index is 1.59. The van der Waals surface area contributed by atoms with E-state index in [0.29, 0.717) is 42.5 Å².